The van der Waals surface area contributed by atoms with E-state index in [0.717, 1.165) is 19.4 Å². The van der Waals surface area contributed by atoms with E-state index in [1.807, 2.05) is 4.90 Å². The third-order valence-electron chi connectivity index (χ3n) is 3.45. The Labute approximate surface area is 106 Å². The molecule has 0 radical (unpaired) electrons. The van der Waals surface area contributed by atoms with E-state index in [9.17, 15) is 9.59 Å². The molecule has 1 aliphatic heterocycles. The molecule has 1 aliphatic rings. The molecule has 0 spiro atoms. The predicted molar refractivity (Wildman–Crippen MR) is 70.1 cm³/mol. The summed E-state index contributed by atoms with van der Waals surface area (Å²) in [4.78, 5) is 25.3. The lowest BCUT2D eigenvalue weighted by atomic mass is 10.0. The number of anilines is 1. The first-order chi connectivity index (χ1) is 8.58. The van der Waals surface area contributed by atoms with E-state index >= 15 is 0 Å². The third-order valence-corrected chi connectivity index (χ3v) is 3.45. The van der Waals surface area contributed by atoms with Gasteiger partial charge in [0.15, 0.2) is 0 Å². The molecule has 1 atom stereocenters. The Balaban J connectivity index is 2.06. The van der Waals surface area contributed by atoms with Gasteiger partial charge in [-0.15, -0.1) is 0 Å². The van der Waals surface area contributed by atoms with E-state index in [4.69, 9.17) is 5.73 Å². The van der Waals surface area contributed by atoms with Crippen LogP contribution < -0.4 is 11.2 Å². The van der Waals surface area contributed by atoms with Crippen molar-refractivity contribution in [1.29, 1.82) is 0 Å². The van der Waals surface area contributed by atoms with E-state index in [1.165, 1.54) is 18.7 Å². The fourth-order valence-electron chi connectivity index (χ4n) is 2.36. The Kier molecular flexibility index (Phi) is 3.69. The smallest absolute Gasteiger partial charge is 0.242 e. The van der Waals surface area contributed by atoms with Crippen molar-refractivity contribution >= 4 is 11.6 Å². The molecule has 1 aromatic heterocycles. The number of nitrogen functional groups attached to an aromatic ring is 1. The number of nitrogens with two attached hydrogens (primary N) is 1. The molecule has 5 heteroatoms. The van der Waals surface area contributed by atoms with Crippen LogP contribution in [0.2, 0.25) is 0 Å². The number of rotatable bonds is 2. The van der Waals surface area contributed by atoms with Crippen molar-refractivity contribution in [3.63, 3.8) is 0 Å². The zero-order chi connectivity index (χ0) is 13.1. The molecule has 18 heavy (non-hydrogen) atoms. The van der Waals surface area contributed by atoms with Crippen molar-refractivity contribution in [3.05, 3.63) is 28.7 Å². The van der Waals surface area contributed by atoms with E-state index < -0.39 is 0 Å². The summed E-state index contributed by atoms with van der Waals surface area (Å²) in [6, 6.07) is 1.70. The maximum atomic E-state index is 12.2. The van der Waals surface area contributed by atoms with Gasteiger partial charge in [0.2, 0.25) is 11.3 Å². The number of hydrogen-bond donors (Lipinski definition) is 1. The number of carbonyl (C=O) groups is 1. The van der Waals surface area contributed by atoms with Crippen molar-refractivity contribution in [3.8, 4) is 0 Å². The van der Waals surface area contributed by atoms with E-state index in [2.05, 4.69) is 6.92 Å². The SMILES string of the molecule is C[C@@H]1CCCCN1C(=O)Cn1ccc(=O)c(N)c1. The number of nitrogens with zero attached hydrogens (tertiary/aromatic N) is 2. The van der Waals surface area contributed by atoms with Gasteiger partial charge in [-0.1, -0.05) is 0 Å². The number of pyridine rings is 1. The molecule has 1 aromatic rings. The molecule has 0 aliphatic carbocycles. The summed E-state index contributed by atoms with van der Waals surface area (Å²) in [5.74, 6) is 0.0882. The zero-order valence-corrected chi connectivity index (χ0v) is 10.6. The van der Waals surface area contributed by atoms with Crippen molar-refractivity contribution in [2.45, 2.75) is 38.8 Å². The molecule has 0 bridgehead atoms. The van der Waals surface area contributed by atoms with Crippen LogP contribution in [0.5, 0.6) is 0 Å². The Hall–Kier alpha value is -1.78. The number of piperidine rings is 1. The second kappa shape index (κ2) is 5.25. The normalized spacial score (nSPS) is 19.8. The number of aromatic nitrogens is 1. The van der Waals surface area contributed by atoms with E-state index in [1.54, 1.807) is 10.8 Å². The Morgan fingerprint density at radius 2 is 2.28 bits per heavy atom. The van der Waals surface area contributed by atoms with Gasteiger partial charge in [0.25, 0.3) is 0 Å². The quantitative estimate of drug-likeness (QED) is 0.844. The van der Waals surface area contributed by atoms with Gasteiger partial charge in [0.05, 0.1) is 5.69 Å². The molecule has 0 aromatic carbocycles. The Morgan fingerprint density at radius 1 is 1.50 bits per heavy atom. The molecule has 98 valence electrons. The highest BCUT2D eigenvalue weighted by Gasteiger charge is 2.22. The molecule has 1 saturated heterocycles. The van der Waals surface area contributed by atoms with Crippen LogP contribution in [-0.2, 0) is 11.3 Å². The van der Waals surface area contributed by atoms with Crippen LogP contribution in [0.15, 0.2) is 23.3 Å². The average Bonchev–Trinajstić information content (AvgIpc) is 2.34. The van der Waals surface area contributed by atoms with Crippen molar-refractivity contribution in [1.82, 2.24) is 9.47 Å². The molecule has 5 nitrogen and oxygen atoms in total. The first kappa shape index (κ1) is 12.7. The summed E-state index contributed by atoms with van der Waals surface area (Å²) in [6.45, 7) is 3.15. The lowest BCUT2D eigenvalue weighted by molar-refractivity contribution is -0.135. The minimum Gasteiger partial charge on any atom is -0.394 e. The molecule has 2 N–H and O–H groups in total. The summed E-state index contributed by atoms with van der Waals surface area (Å²) < 4.78 is 1.67. The maximum absolute atomic E-state index is 12.2. The van der Waals surface area contributed by atoms with Crippen molar-refractivity contribution in [2.75, 3.05) is 12.3 Å². The van der Waals surface area contributed by atoms with Crippen molar-refractivity contribution in [2.24, 2.45) is 0 Å². The number of hydrogen-bond acceptors (Lipinski definition) is 3. The van der Waals surface area contributed by atoms with Crippen LogP contribution in [0, 0.1) is 0 Å². The fourth-order valence-corrected chi connectivity index (χ4v) is 2.36. The zero-order valence-electron chi connectivity index (χ0n) is 10.6. The summed E-state index contributed by atoms with van der Waals surface area (Å²) in [6.07, 6.45) is 6.45. The molecular formula is C13H19N3O2. The standard InChI is InChI=1S/C13H19N3O2/c1-10-4-2-3-6-16(10)13(18)9-15-7-5-12(17)11(14)8-15/h5,7-8,10H,2-4,6,9,14H2,1H3/t10-/m1/s1. The van der Waals surface area contributed by atoms with Crippen LogP contribution in [-0.4, -0.2) is 28.0 Å². The lowest BCUT2D eigenvalue weighted by Crippen LogP contribution is -2.43. The van der Waals surface area contributed by atoms with Gasteiger partial charge in [-0.05, 0) is 26.2 Å². The monoisotopic (exact) mass is 249 g/mol. The minimum absolute atomic E-state index is 0.0882. The number of amides is 1. The fraction of sp³-hybridized carbons (Fsp3) is 0.538. The average molecular weight is 249 g/mol. The predicted octanol–water partition coefficient (Wildman–Crippen LogP) is 0.832. The summed E-state index contributed by atoms with van der Waals surface area (Å²) in [5, 5.41) is 0. The largest absolute Gasteiger partial charge is 0.394 e. The topological polar surface area (TPSA) is 68.3 Å². The van der Waals surface area contributed by atoms with E-state index in [0.29, 0.717) is 6.04 Å². The van der Waals surface area contributed by atoms with Crippen LogP contribution >= 0.6 is 0 Å². The second-order valence-electron chi connectivity index (χ2n) is 4.87. The summed E-state index contributed by atoms with van der Waals surface area (Å²) in [7, 11) is 0. The minimum atomic E-state index is -0.204. The number of likely N-dealkylation sites (tertiary alicyclic amines) is 1. The molecule has 0 saturated carbocycles. The number of carbonyl (C=O) groups excluding carboxylic acids is 1. The van der Waals surface area contributed by atoms with Gasteiger partial charge in [0.1, 0.15) is 6.54 Å². The Bertz CT molecular complexity index is 495. The van der Waals surface area contributed by atoms with Gasteiger partial charge in [-0.25, -0.2) is 0 Å². The Morgan fingerprint density at radius 3 is 2.94 bits per heavy atom. The summed E-state index contributed by atoms with van der Waals surface area (Å²) in [5.41, 5.74) is 5.52. The van der Waals surface area contributed by atoms with Gasteiger partial charge in [-0.2, -0.15) is 0 Å². The molecule has 1 amide bonds. The van der Waals surface area contributed by atoms with Crippen molar-refractivity contribution < 1.29 is 4.79 Å². The highest BCUT2D eigenvalue weighted by molar-refractivity contribution is 5.76. The maximum Gasteiger partial charge on any atom is 0.242 e. The van der Waals surface area contributed by atoms with Gasteiger partial charge >= 0.3 is 0 Å². The molecule has 2 heterocycles. The van der Waals surface area contributed by atoms with Gasteiger partial charge in [0, 0.05) is 31.0 Å². The molecular weight excluding hydrogens is 230 g/mol. The van der Waals surface area contributed by atoms with Gasteiger partial charge < -0.3 is 15.2 Å². The highest BCUT2D eigenvalue weighted by Crippen LogP contribution is 2.16. The van der Waals surface area contributed by atoms with E-state index in [-0.39, 0.29) is 23.6 Å². The van der Waals surface area contributed by atoms with Crippen LogP contribution in [0.3, 0.4) is 0 Å². The second-order valence-corrected chi connectivity index (χ2v) is 4.87. The highest BCUT2D eigenvalue weighted by atomic mass is 16.2. The van der Waals surface area contributed by atoms with Crippen LogP contribution in [0.4, 0.5) is 5.69 Å². The first-order valence-electron chi connectivity index (χ1n) is 6.33. The first-order valence-corrected chi connectivity index (χ1v) is 6.33. The molecule has 2 rings (SSSR count). The molecule has 0 unspecified atom stereocenters. The molecule has 1 fully saturated rings. The third kappa shape index (κ3) is 2.72. The lowest BCUT2D eigenvalue weighted by Gasteiger charge is -2.33. The van der Waals surface area contributed by atoms with Crippen LogP contribution in [0.1, 0.15) is 26.2 Å². The van der Waals surface area contributed by atoms with Crippen LogP contribution in [0.25, 0.3) is 0 Å². The van der Waals surface area contributed by atoms with Gasteiger partial charge in [-0.3, -0.25) is 9.59 Å². The summed E-state index contributed by atoms with van der Waals surface area (Å²) >= 11 is 0.